The van der Waals surface area contributed by atoms with Gasteiger partial charge in [-0.05, 0) is 41.0 Å². The van der Waals surface area contributed by atoms with Crippen molar-refractivity contribution in [1.82, 2.24) is 15.0 Å². The van der Waals surface area contributed by atoms with Crippen LogP contribution in [0.5, 0.6) is 0 Å². The first-order valence-electron chi connectivity index (χ1n) is 14.3. The molecule has 8 rings (SSSR count). The number of aromatic nitrogens is 3. The van der Waals surface area contributed by atoms with Gasteiger partial charge in [0.1, 0.15) is 11.2 Å². The number of benzene rings is 6. The first-order valence-corrected chi connectivity index (χ1v) is 14.3. The molecule has 0 amide bonds. The number of rotatable bonds is 5. The Morgan fingerprint density at radius 2 is 0.884 bits per heavy atom. The highest BCUT2D eigenvalue weighted by atomic mass is 16.3. The van der Waals surface area contributed by atoms with Crippen LogP contribution in [0.2, 0.25) is 0 Å². The molecule has 6 aromatic carbocycles. The molecule has 0 N–H and O–H groups in total. The van der Waals surface area contributed by atoms with E-state index in [-0.39, 0.29) is 0 Å². The smallest absolute Gasteiger partial charge is 0.164 e. The maximum atomic E-state index is 6.51. The highest BCUT2D eigenvalue weighted by molar-refractivity contribution is 6.10. The van der Waals surface area contributed by atoms with E-state index in [2.05, 4.69) is 72.8 Å². The average molecular weight is 552 g/mol. The van der Waals surface area contributed by atoms with Gasteiger partial charge in [0.05, 0.1) is 0 Å². The molecule has 202 valence electrons. The molecule has 0 unspecified atom stereocenters. The molecule has 0 fully saturated rings. The summed E-state index contributed by atoms with van der Waals surface area (Å²) >= 11 is 0. The van der Waals surface area contributed by atoms with Crippen LogP contribution in [-0.2, 0) is 0 Å². The average Bonchev–Trinajstić information content (AvgIpc) is 3.47. The molecule has 0 spiro atoms. The Morgan fingerprint density at radius 3 is 1.53 bits per heavy atom. The van der Waals surface area contributed by atoms with E-state index in [1.165, 1.54) is 11.1 Å². The normalized spacial score (nSPS) is 11.3. The SMILES string of the molecule is c1ccc(-c2cccc(-c3cccc4c3oc3ccc(-c5nc(-c6ccccc6)nc(-c6ccccc6)n5)cc34)c2)cc1. The standard InChI is InChI=1S/C39H25N3O/c1-4-12-26(13-5-1)29-18-10-19-30(24-29)32-20-11-21-33-34-25-31(22-23-35(34)43-36(32)33)39-41-37(27-14-6-2-7-15-27)40-38(42-39)28-16-8-3-9-17-28/h1-25H. The molecule has 0 atom stereocenters. The molecule has 8 aromatic rings. The summed E-state index contributed by atoms with van der Waals surface area (Å²) in [5.74, 6) is 1.90. The summed E-state index contributed by atoms with van der Waals surface area (Å²) in [7, 11) is 0. The first kappa shape index (κ1) is 24.9. The van der Waals surface area contributed by atoms with Crippen molar-refractivity contribution in [3.63, 3.8) is 0 Å². The number of hydrogen-bond donors (Lipinski definition) is 0. The van der Waals surface area contributed by atoms with Gasteiger partial charge in [0.15, 0.2) is 17.5 Å². The van der Waals surface area contributed by atoms with Crippen LogP contribution in [0, 0.1) is 0 Å². The molecule has 0 aliphatic rings. The Hall–Kier alpha value is -5.87. The lowest BCUT2D eigenvalue weighted by Gasteiger charge is -2.08. The van der Waals surface area contributed by atoms with Crippen LogP contribution in [0.3, 0.4) is 0 Å². The molecule has 2 aromatic heterocycles. The van der Waals surface area contributed by atoms with Gasteiger partial charge in [0, 0.05) is 33.0 Å². The van der Waals surface area contributed by atoms with Gasteiger partial charge in [-0.1, -0.05) is 127 Å². The van der Waals surface area contributed by atoms with Gasteiger partial charge in [-0.25, -0.2) is 15.0 Å². The first-order chi connectivity index (χ1) is 21.3. The summed E-state index contributed by atoms with van der Waals surface area (Å²) in [6.07, 6.45) is 0. The third-order valence-corrected chi connectivity index (χ3v) is 7.74. The van der Waals surface area contributed by atoms with Gasteiger partial charge in [-0.2, -0.15) is 0 Å². The van der Waals surface area contributed by atoms with Gasteiger partial charge in [-0.3, -0.25) is 0 Å². The predicted octanol–water partition coefficient (Wildman–Crippen LogP) is 10.1. The molecule has 0 bridgehead atoms. The fourth-order valence-electron chi connectivity index (χ4n) is 5.60. The van der Waals surface area contributed by atoms with Crippen molar-refractivity contribution >= 4 is 21.9 Å². The maximum absolute atomic E-state index is 6.51. The lowest BCUT2D eigenvalue weighted by atomic mass is 9.97. The monoisotopic (exact) mass is 551 g/mol. The molecule has 0 aliphatic carbocycles. The third kappa shape index (κ3) is 4.65. The highest BCUT2D eigenvalue weighted by Crippen LogP contribution is 2.38. The Bertz CT molecular complexity index is 2170. The van der Waals surface area contributed by atoms with Crippen molar-refractivity contribution in [3.05, 3.63) is 152 Å². The Kier molecular flexibility index (Phi) is 6.08. The van der Waals surface area contributed by atoms with Gasteiger partial charge >= 0.3 is 0 Å². The lowest BCUT2D eigenvalue weighted by Crippen LogP contribution is -2.00. The number of fused-ring (bicyclic) bond motifs is 3. The van der Waals surface area contributed by atoms with Crippen molar-refractivity contribution in [2.45, 2.75) is 0 Å². The van der Waals surface area contributed by atoms with Crippen LogP contribution < -0.4 is 0 Å². The van der Waals surface area contributed by atoms with Crippen LogP contribution in [0.15, 0.2) is 156 Å². The van der Waals surface area contributed by atoms with E-state index in [0.29, 0.717) is 17.5 Å². The van der Waals surface area contributed by atoms with E-state index >= 15 is 0 Å². The van der Waals surface area contributed by atoms with Crippen LogP contribution >= 0.6 is 0 Å². The van der Waals surface area contributed by atoms with E-state index in [9.17, 15) is 0 Å². The second kappa shape index (κ2) is 10.5. The molecule has 0 saturated carbocycles. The van der Waals surface area contributed by atoms with Gasteiger partial charge in [0.2, 0.25) is 0 Å². The Labute approximate surface area is 249 Å². The van der Waals surface area contributed by atoms with Crippen molar-refractivity contribution in [2.24, 2.45) is 0 Å². The maximum Gasteiger partial charge on any atom is 0.164 e. The lowest BCUT2D eigenvalue weighted by molar-refractivity contribution is 0.670. The number of nitrogens with zero attached hydrogens (tertiary/aromatic N) is 3. The minimum absolute atomic E-state index is 0.621. The predicted molar refractivity (Wildman–Crippen MR) is 174 cm³/mol. The fourth-order valence-corrected chi connectivity index (χ4v) is 5.60. The van der Waals surface area contributed by atoms with Crippen LogP contribution in [0.1, 0.15) is 0 Å². The van der Waals surface area contributed by atoms with Crippen LogP contribution in [-0.4, -0.2) is 15.0 Å². The molecule has 43 heavy (non-hydrogen) atoms. The van der Waals surface area contributed by atoms with E-state index < -0.39 is 0 Å². The van der Waals surface area contributed by atoms with Crippen molar-refractivity contribution in [1.29, 1.82) is 0 Å². The highest BCUT2D eigenvalue weighted by Gasteiger charge is 2.16. The number of furan rings is 1. The fraction of sp³-hybridized carbons (Fsp3) is 0. The van der Waals surface area contributed by atoms with E-state index in [1.54, 1.807) is 0 Å². The summed E-state index contributed by atoms with van der Waals surface area (Å²) in [5, 5.41) is 2.08. The quantitative estimate of drug-likeness (QED) is 0.214. The minimum atomic E-state index is 0.621. The summed E-state index contributed by atoms with van der Waals surface area (Å²) in [4.78, 5) is 14.7. The summed E-state index contributed by atoms with van der Waals surface area (Å²) in [5.41, 5.74) is 9.02. The summed E-state index contributed by atoms with van der Waals surface area (Å²) in [6.45, 7) is 0. The second-order valence-electron chi connectivity index (χ2n) is 10.5. The zero-order chi connectivity index (χ0) is 28.6. The van der Waals surface area contributed by atoms with Crippen LogP contribution in [0.4, 0.5) is 0 Å². The van der Waals surface area contributed by atoms with Crippen molar-refractivity contribution < 1.29 is 4.42 Å². The molecule has 0 saturated heterocycles. The molecule has 4 nitrogen and oxygen atoms in total. The van der Waals surface area contributed by atoms with E-state index in [4.69, 9.17) is 19.4 Å². The molecular weight excluding hydrogens is 526 g/mol. The van der Waals surface area contributed by atoms with Gasteiger partial charge < -0.3 is 4.42 Å². The van der Waals surface area contributed by atoms with Gasteiger partial charge in [0.25, 0.3) is 0 Å². The van der Waals surface area contributed by atoms with Crippen molar-refractivity contribution in [3.8, 4) is 56.4 Å². The topological polar surface area (TPSA) is 51.8 Å². The summed E-state index contributed by atoms with van der Waals surface area (Å²) in [6, 6.07) is 51.6. The van der Waals surface area contributed by atoms with Gasteiger partial charge in [-0.15, -0.1) is 0 Å². The zero-order valence-corrected chi connectivity index (χ0v) is 23.2. The Morgan fingerprint density at radius 1 is 0.349 bits per heavy atom. The third-order valence-electron chi connectivity index (χ3n) is 7.74. The summed E-state index contributed by atoms with van der Waals surface area (Å²) < 4.78 is 6.51. The molecule has 4 heteroatoms. The van der Waals surface area contributed by atoms with Crippen molar-refractivity contribution in [2.75, 3.05) is 0 Å². The zero-order valence-electron chi connectivity index (χ0n) is 23.2. The molecular formula is C39H25N3O. The largest absolute Gasteiger partial charge is 0.455 e. The second-order valence-corrected chi connectivity index (χ2v) is 10.5. The van der Waals surface area contributed by atoms with Crippen LogP contribution in [0.25, 0.3) is 78.4 Å². The Balaban J connectivity index is 1.27. The number of para-hydroxylation sites is 1. The molecule has 0 aliphatic heterocycles. The molecule has 0 radical (unpaired) electrons. The minimum Gasteiger partial charge on any atom is -0.455 e. The van der Waals surface area contributed by atoms with E-state index in [1.807, 2.05) is 78.9 Å². The molecule has 2 heterocycles. The number of hydrogen-bond acceptors (Lipinski definition) is 4. The van der Waals surface area contributed by atoms with E-state index in [0.717, 1.165) is 49.8 Å².